The quantitative estimate of drug-likeness (QED) is 0.391. The van der Waals surface area contributed by atoms with Gasteiger partial charge in [-0.2, -0.15) is 0 Å². The van der Waals surface area contributed by atoms with Crippen molar-refractivity contribution in [2.24, 2.45) is 11.8 Å². The van der Waals surface area contributed by atoms with Crippen LogP contribution in [-0.4, -0.2) is 35.7 Å². The van der Waals surface area contributed by atoms with Gasteiger partial charge in [-0.15, -0.1) is 11.3 Å². The van der Waals surface area contributed by atoms with Crippen LogP contribution < -0.4 is 10.2 Å². The summed E-state index contributed by atoms with van der Waals surface area (Å²) in [7, 11) is 0. The van der Waals surface area contributed by atoms with Crippen molar-refractivity contribution in [3.8, 4) is 0 Å². The van der Waals surface area contributed by atoms with Crippen molar-refractivity contribution in [3.63, 3.8) is 0 Å². The number of benzene rings is 1. The maximum absolute atomic E-state index is 13.8. The summed E-state index contributed by atoms with van der Waals surface area (Å²) >= 11 is 1.48. The third kappa shape index (κ3) is 3.38. The average Bonchev–Trinajstić information content (AvgIpc) is 3.46. The van der Waals surface area contributed by atoms with Crippen molar-refractivity contribution >= 4 is 40.6 Å². The van der Waals surface area contributed by atoms with Gasteiger partial charge in [-0.05, 0) is 43.8 Å². The molecule has 0 spiro atoms. The highest BCUT2D eigenvalue weighted by Gasteiger charge is 2.68. The summed E-state index contributed by atoms with van der Waals surface area (Å²) in [6, 6.07) is 9.81. The van der Waals surface area contributed by atoms with Crippen LogP contribution in [0, 0.1) is 11.8 Å². The SMILES string of the molecule is CCC[C@]1(C(=O)OCC)N[C@@H](c2cccs2)[C@H]2C(=O)N(c3cccc(C(C)=O)c3)C(=O)[C@H]21. The third-order valence-corrected chi connectivity index (χ3v) is 7.25. The summed E-state index contributed by atoms with van der Waals surface area (Å²) in [5, 5.41) is 5.28. The Morgan fingerprint density at radius 2 is 1.94 bits per heavy atom. The zero-order valence-electron chi connectivity index (χ0n) is 18.3. The fraction of sp³-hybridized carbons (Fsp3) is 0.417. The first-order chi connectivity index (χ1) is 15.4. The molecule has 1 N–H and O–H groups in total. The molecule has 1 aromatic heterocycles. The summed E-state index contributed by atoms with van der Waals surface area (Å²) in [4.78, 5) is 54.6. The largest absolute Gasteiger partial charge is 0.465 e. The van der Waals surface area contributed by atoms with E-state index in [1.54, 1.807) is 31.2 Å². The Kier molecular flexibility index (Phi) is 6.01. The first-order valence-electron chi connectivity index (χ1n) is 10.8. The number of nitrogens with zero attached hydrogens (tertiary/aromatic N) is 1. The zero-order valence-corrected chi connectivity index (χ0v) is 19.1. The second-order valence-electron chi connectivity index (χ2n) is 8.20. The van der Waals surface area contributed by atoms with E-state index < -0.39 is 35.3 Å². The van der Waals surface area contributed by atoms with Crippen molar-refractivity contribution in [2.45, 2.75) is 45.2 Å². The first-order valence-corrected chi connectivity index (χ1v) is 11.7. The molecule has 2 aliphatic rings. The number of esters is 1. The second-order valence-corrected chi connectivity index (χ2v) is 9.18. The van der Waals surface area contributed by atoms with E-state index in [9.17, 15) is 19.2 Å². The van der Waals surface area contributed by atoms with E-state index >= 15 is 0 Å². The number of hydrogen-bond acceptors (Lipinski definition) is 7. The monoisotopic (exact) mass is 454 g/mol. The molecule has 2 fully saturated rings. The van der Waals surface area contributed by atoms with E-state index in [4.69, 9.17) is 4.74 Å². The molecule has 7 nitrogen and oxygen atoms in total. The summed E-state index contributed by atoms with van der Waals surface area (Å²) in [5.74, 6) is -3.09. The normalized spacial score (nSPS) is 27.0. The van der Waals surface area contributed by atoms with E-state index in [0.29, 0.717) is 24.1 Å². The number of ether oxygens (including phenoxy) is 1. The predicted octanol–water partition coefficient (Wildman–Crippen LogP) is 3.50. The van der Waals surface area contributed by atoms with Crippen LogP contribution in [-0.2, 0) is 19.1 Å². The van der Waals surface area contributed by atoms with Gasteiger partial charge in [0.25, 0.3) is 0 Å². The van der Waals surface area contributed by atoms with Crippen LogP contribution in [0.4, 0.5) is 5.69 Å². The first kappa shape index (κ1) is 22.4. The molecule has 3 heterocycles. The number of ketones is 1. The molecule has 2 aromatic rings. The standard InChI is InChI=1S/C24H26N2O5S/c1-4-11-24(23(30)31-5-2)19-18(20(25-24)17-10-7-12-32-17)21(28)26(22(19)29)16-9-6-8-15(13-16)14(3)27/h6-10,12-13,18-20,25H,4-5,11H2,1-3H3/t18-,19-,20-,24-/m0/s1. The number of thiophene rings is 1. The Hall–Kier alpha value is -2.84. The van der Waals surface area contributed by atoms with Crippen LogP contribution in [0.2, 0.25) is 0 Å². The number of hydrogen-bond donors (Lipinski definition) is 1. The lowest BCUT2D eigenvalue weighted by Gasteiger charge is -2.32. The van der Waals surface area contributed by atoms with Crippen molar-refractivity contribution in [2.75, 3.05) is 11.5 Å². The Labute approximate surface area is 190 Å². The number of Topliss-reactive ketones (excluding diaryl/α,β-unsaturated/α-hetero) is 1. The maximum Gasteiger partial charge on any atom is 0.327 e. The molecule has 0 aliphatic carbocycles. The van der Waals surface area contributed by atoms with Crippen LogP contribution in [0.5, 0.6) is 0 Å². The number of carbonyl (C=O) groups is 4. The van der Waals surface area contributed by atoms with E-state index in [-0.39, 0.29) is 18.3 Å². The number of imide groups is 1. The number of nitrogens with one attached hydrogen (secondary N) is 1. The highest BCUT2D eigenvalue weighted by atomic mass is 32.1. The van der Waals surface area contributed by atoms with Gasteiger partial charge < -0.3 is 4.74 Å². The van der Waals surface area contributed by atoms with Crippen molar-refractivity contribution in [3.05, 3.63) is 52.2 Å². The summed E-state index contributed by atoms with van der Waals surface area (Å²) in [5.41, 5.74) is -0.524. The lowest BCUT2D eigenvalue weighted by molar-refractivity contribution is -0.155. The fourth-order valence-corrected chi connectivity index (χ4v) is 5.83. The second kappa shape index (κ2) is 8.60. The third-order valence-electron chi connectivity index (χ3n) is 6.30. The number of fused-ring (bicyclic) bond motifs is 1. The van der Waals surface area contributed by atoms with Crippen molar-refractivity contribution in [1.82, 2.24) is 5.32 Å². The molecular formula is C24H26N2O5S. The predicted molar refractivity (Wildman–Crippen MR) is 120 cm³/mol. The van der Waals surface area contributed by atoms with E-state index in [1.165, 1.54) is 18.3 Å². The van der Waals surface area contributed by atoms with E-state index in [0.717, 1.165) is 9.78 Å². The van der Waals surface area contributed by atoms with Crippen LogP contribution in [0.1, 0.15) is 54.9 Å². The van der Waals surface area contributed by atoms with Crippen molar-refractivity contribution in [1.29, 1.82) is 0 Å². The highest BCUT2D eigenvalue weighted by Crippen LogP contribution is 2.52. The average molecular weight is 455 g/mol. The molecule has 0 unspecified atom stereocenters. The smallest absolute Gasteiger partial charge is 0.327 e. The number of rotatable bonds is 7. The molecule has 8 heteroatoms. The van der Waals surface area contributed by atoms with E-state index in [2.05, 4.69) is 5.32 Å². The molecule has 0 radical (unpaired) electrons. The Morgan fingerprint density at radius 3 is 2.56 bits per heavy atom. The van der Waals surface area contributed by atoms with Gasteiger partial charge in [0.05, 0.1) is 30.2 Å². The van der Waals surface area contributed by atoms with Gasteiger partial charge in [0.15, 0.2) is 5.78 Å². The van der Waals surface area contributed by atoms with Gasteiger partial charge in [0, 0.05) is 10.4 Å². The molecule has 4 atom stereocenters. The summed E-state index contributed by atoms with van der Waals surface area (Å²) in [6.07, 6.45) is 1.00. The van der Waals surface area contributed by atoms with Crippen LogP contribution in [0.25, 0.3) is 0 Å². The van der Waals surface area contributed by atoms with Crippen molar-refractivity contribution < 1.29 is 23.9 Å². The minimum atomic E-state index is -1.29. The Balaban J connectivity index is 1.84. The topological polar surface area (TPSA) is 92.8 Å². The Morgan fingerprint density at radius 1 is 1.16 bits per heavy atom. The molecule has 32 heavy (non-hydrogen) atoms. The zero-order chi connectivity index (χ0) is 23.0. The molecule has 2 aliphatic heterocycles. The van der Waals surface area contributed by atoms with Crippen LogP contribution >= 0.6 is 11.3 Å². The number of carbonyl (C=O) groups excluding carboxylic acids is 4. The summed E-state index contributed by atoms with van der Waals surface area (Å²) < 4.78 is 5.41. The molecule has 168 valence electrons. The molecule has 2 saturated heterocycles. The fourth-order valence-electron chi connectivity index (χ4n) is 5.01. The molecule has 1 aromatic carbocycles. The van der Waals surface area contributed by atoms with Crippen LogP contribution in [0.15, 0.2) is 41.8 Å². The lowest BCUT2D eigenvalue weighted by Crippen LogP contribution is -2.56. The maximum atomic E-state index is 13.8. The minimum absolute atomic E-state index is 0.156. The van der Waals surface area contributed by atoms with Gasteiger partial charge in [0.2, 0.25) is 11.8 Å². The number of amides is 2. The number of anilines is 1. The molecule has 0 bridgehead atoms. The lowest BCUT2D eigenvalue weighted by atomic mass is 9.77. The molecule has 2 amide bonds. The van der Waals surface area contributed by atoms with Gasteiger partial charge in [-0.1, -0.05) is 31.5 Å². The van der Waals surface area contributed by atoms with Gasteiger partial charge in [-0.25, -0.2) is 4.90 Å². The van der Waals surface area contributed by atoms with Gasteiger partial charge >= 0.3 is 5.97 Å². The molecular weight excluding hydrogens is 428 g/mol. The Bertz CT molecular complexity index is 1070. The highest BCUT2D eigenvalue weighted by molar-refractivity contribution is 7.10. The molecule has 4 rings (SSSR count). The van der Waals surface area contributed by atoms with Gasteiger partial charge in [0.1, 0.15) is 5.54 Å². The summed E-state index contributed by atoms with van der Waals surface area (Å²) in [6.45, 7) is 5.28. The van der Waals surface area contributed by atoms with E-state index in [1.807, 2.05) is 24.4 Å². The minimum Gasteiger partial charge on any atom is -0.465 e. The van der Waals surface area contributed by atoms with Crippen LogP contribution in [0.3, 0.4) is 0 Å². The molecule has 0 saturated carbocycles. The van der Waals surface area contributed by atoms with Gasteiger partial charge in [-0.3, -0.25) is 24.5 Å².